The Kier molecular flexibility index (Phi) is 4.30. The molecule has 0 aliphatic heterocycles. The molecule has 0 heterocycles. The molecule has 0 fully saturated rings. The van der Waals surface area contributed by atoms with Gasteiger partial charge in [0.2, 0.25) is 0 Å². The van der Waals surface area contributed by atoms with Crippen molar-refractivity contribution in [2.45, 2.75) is 12.6 Å². The number of benzene rings is 2. The summed E-state index contributed by atoms with van der Waals surface area (Å²) >= 11 is 0. The van der Waals surface area contributed by atoms with Gasteiger partial charge in [-0.2, -0.15) is 0 Å². The van der Waals surface area contributed by atoms with Gasteiger partial charge in [0.25, 0.3) is 0 Å². The molecule has 2 nitrogen and oxygen atoms in total. The molecule has 88 valence electrons. The normalized spacial score (nSPS) is 12.3. The van der Waals surface area contributed by atoms with Gasteiger partial charge in [-0.1, -0.05) is 60.7 Å². The van der Waals surface area contributed by atoms with Crippen molar-refractivity contribution in [3.8, 4) is 0 Å². The number of hydrogen-bond donors (Lipinski definition) is 2. The number of quaternary nitrogens is 1. The van der Waals surface area contributed by atoms with Gasteiger partial charge in [-0.15, -0.1) is 0 Å². The summed E-state index contributed by atoms with van der Waals surface area (Å²) in [6.45, 7) is 1.60. The lowest BCUT2D eigenvalue weighted by molar-refractivity contribution is -0.677. The molecule has 0 bridgehead atoms. The van der Waals surface area contributed by atoms with Crippen LogP contribution >= 0.6 is 0 Å². The van der Waals surface area contributed by atoms with Gasteiger partial charge >= 0.3 is 0 Å². The summed E-state index contributed by atoms with van der Waals surface area (Å²) in [5.74, 6) is 0. The van der Waals surface area contributed by atoms with Crippen molar-refractivity contribution in [2.75, 3.05) is 6.54 Å². The largest absolute Gasteiger partial charge is 0.382 e. The molecule has 0 unspecified atom stereocenters. The Morgan fingerprint density at radius 2 is 1.47 bits per heavy atom. The van der Waals surface area contributed by atoms with Gasteiger partial charge < -0.3 is 10.4 Å². The zero-order valence-corrected chi connectivity index (χ0v) is 9.79. The predicted molar refractivity (Wildman–Crippen MR) is 68.3 cm³/mol. The Morgan fingerprint density at radius 3 is 2.12 bits per heavy atom. The first kappa shape index (κ1) is 11.8. The van der Waals surface area contributed by atoms with E-state index in [2.05, 4.69) is 17.4 Å². The lowest BCUT2D eigenvalue weighted by atomic mass is 10.1. The van der Waals surface area contributed by atoms with E-state index in [-0.39, 0.29) is 6.10 Å². The summed E-state index contributed by atoms with van der Waals surface area (Å²) in [4.78, 5) is 0. The summed E-state index contributed by atoms with van der Waals surface area (Å²) in [6.07, 6.45) is -0.389. The van der Waals surface area contributed by atoms with Gasteiger partial charge in [-0.25, -0.2) is 0 Å². The van der Waals surface area contributed by atoms with Crippen molar-refractivity contribution < 1.29 is 10.4 Å². The fraction of sp³-hybridized carbons (Fsp3) is 0.200. The van der Waals surface area contributed by atoms with Crippen LogP contribution in [0.3, 0.4) is 0 Å². The molecule has 1 atom stereocenters. The van der Waals surface area contributed by atoms with E-state index in [0.717, 1.165) is 12.1 Å². The second-order valence-corrected chi connectivity index (χ2v) is 4.14. The highest BCUT2D eigenvalue weighted by molar-refractivity contribution is 5.17. The van der Waals surface area contributed by atoms with Crippen LogP contribution in [-0.2, 0) is 6.54 Å². The molecule has 2 heteroatoms. The van der Waals surface area contributed by atoms with E-state index in [9.17, 15) is 5.11 Å². The van der Waals surface area contributed by atoms with Gasteiger partial charge in [-0.05, 0) is 5.56 Å². The molecular weight excluding hydrogens is 210 g/mol. The van der Waals surface area contributed by atoms with Crippen LogP contribution in [0.1, 0.15) is 17.2 Å². The van der Waals surface area contributed by atoms with Crippen molar-refractivity contribution in [1.82, 2.24) is 0 Å². The zero-order chi connectivity index (χ0) is 11.9. The molecule has 2 aromatic carbocycles. The molecule has 0 radical (unpaired) electrons. The van der Waals surface area contributed by atoms with Gasteiger partial charge in [-0.3, -0.25) is 0 Å². The van der Waals surface area contributed by atoms with Crippen LogP contribution in [0.5, 0.6) is 0 Å². The molecule has 2 rings (SSSR count). The highest BCUT2D eigenvalue weighted by Crippen LogP contribution is 2.09. The Labute approximate surface area is 102 Å². The maximum absolute atomic E-state index is 9.97. The minimum atomic E-state index is -0.389. The second-order valence-electron chi connectivity index (χ2n) is 4.14. The predicted octanol–water partition coefficient (Wildman–Crippen LogP) is 1.48. The Hall–Kier alpha value is -1.64. The first-order chi connectivity index (χ1) is 8.36. The molecule has 0 aromatic heterocycles. The van der Waals surface area contributed by atoms with E-state index in [1.165, 1.54) is 5.56 Å². The van der Waals surface area contributed by atoms with E-state index in [4.69, 9.17) is 0 Å². The summed E-state index contributed by atoms with van der Waals surface area (Å²) in [6, 6.07) is 20.1. The highest BCUT2D eigenvalue weighted by atomic mass is 16.3. The monoisotopic (exact) mass is 228 g/mol. The second kappa shape index (κ2) is 6.18. The minimum absolute atomic E-state index is 0.389. The Bertz CT molecular complexity index is 427. The average molecular weight is 228 g/mol. The van der Waals surface area contributed by atoms with Crippen LogP contribution in [0.4, 0.5) is 0 Å². The van der Waals surface area contributed by atoms with E-state index in [1.54, 1.807) is 0 Å². The standard InChI is InChI=1S/C15H17NO/c17-15(14-9-5-2-6-10-14)12-16-11-13-7-3-1-4-8-13/h1-10,15-17H,11-12H2/p+1/t15-/m1/s1. The number of rotatable bonds is 5. The Morgan fingerprint density at radius 1 is 0.882 bits per heavy atom. The third-order valence-electron chi connectivity index (χ3n) is 2.80. The summed E-state index contributed by atoms with van der Waals surface area (Å²) in [5, 5.41) is 12.1. The molecule has 0 saturated carbocycles. The van der Waals surface area contributed by atoms with E-state index >= 15 is 0 Å². The maximum atomic E-state index is 9.97. The minimum Gasteiger partial charge on any atom is -0.382 e. The average Bonchev–Trinajstić information content (AvgIpc) is 2.41. The number of nitrogens with two attached hydrogens (primary N) is 1. The van der Waals surface area contributed by atoms with Gasteiger partial charge in [0.1, 0.15) is 19.2 Å². The maximum Gasteiger partial charge on any atom is 0.128 e. The molecule has 0 spiro atoms. The number of hydrogen-bond acceptors (Lipinski definition) is 1. The molecular formula is C15H18NO+. The van der Waals surface area contributed by atoms with Crippen LogP contribution in [0.25, 0.3) is 0 Å². The SMILES string of the molecule is O[C@H](C[NH2+]Cc1ccccc1)c1ccccc1. The fourth-order valence-corrected chi connectivity index (χ4v) is 1.83. The number of aliphatic hydroxyl groups excluding tert-OH is 1. The topological polar surface area (TPSA) is 36.8 Å². The van der Waals surface area contributed by atoms with Crippen LogP contribution in [0, 0.1) is 0 Å². The summed E-state index contributed by atoms with van der Waals surface area (Å²) < 4.78 is 0. The fourth-order valence-electron chi connectivity index (χ4n) is 1.83. The molecule has 0 aliphatic rings. The van der Waals surface area contributed by atoms with Crippen molar-refractivity contribution in [3.05, 3.63) is 71.8 Å². The zero-order valence-electron chi connectivity index (χ0n) is 9.79. The van der Waals surface area contributed by atoms with Crippen LogP contribution in [-0.4, -0.2) is 11.7 Å². The Balaban J connectivity index is 1.79. The van der Waals surface area contributed by atoms with Gasteiger partial charge in [0.05, 0.1) is 0 Å². The van der Waals surface area contributed by atoms with E-state index in [1.807, 2.05) is 48.5 Å². The first-order valence-corrected chi connectivity index (χ1v) is 5.95. The first-order valence-electron chi connectivity index (χ1n) is 5.95. The molecule has 17 heavy (non-hydrogen) atoms. The summed E-state index contributed by atoms with van der Waals surface area (Å²) in [7, 11) is 0. The lowest BCUT2D eigenvalue weighted by Crippen LogP contribution is -2.83. The third-order valence-corrected chi connectivity index (χ3v) is 2.80. The highest BCUT2D eigenvalue weighted by Gasteiger charge is 2.08. The van der Waals surface area contributed by atoms with Gasteiger partial charge in [0.15, 0.2) is 0 Å². The molecule has 3 N–H and O–H groups in total. The quantitative estimate of drug-likeness (QED) is 0.799. The van der Waals surface area contributed by atoms with Crippen molar-refractivity contribution in [1.29, 1.82) is 0 Å². The summed E-state index contributed by atoms with van der Waals surface area (Å²) in [5.41, 5.74) is 2.27. The van der Waals surface area contributed by atoms with Crippen LogP contribution < -0.4 is 5.32 Å². The lowest BCUT2D eigenvalue weighted by Gasteiger charge is -2.09. The third kappa shape index (κ3) is 3.70. The molecule has 2 aromatic rings. The molecule has 0 amide bonds. The van der Waals surface area contributed by atoms with E-state index in [0.29, 0.717) is 6.54 Å². The molecule has 0 saturated heterocycles. The smallest absolute Gasteiger partial charge is 0.128 e. The molecule has 0 aliphatic carbocycles. The van der Waals surface area contributed by atoms with E-state index < -0.39 is 0 Å². The van der Waals surface area contributed by atoms with Gasteiger partial charge in [0, 0.05) is 5.56 Å². The van der Waals surface area contributed by atoms with Crippen molar-refractivity contribution >= 4 is 0 Å². The van der Waals surface area contributed by atoms with Crippen molar-refractivity contribution in [2.24, 2.45) is 0 Å². The van der Waals surface area contributed by atoms with Crippen LogP contribution in [0.2, 0.25) is 0 Å². The van der Waals surface area contributed by atoms with Crippen molar-refractivity contribution in [3.63, 3.8) is 0 Å². The van der Waals surface area contributed by atoms with Crippen LogP contribution in [0.15, 0.2) is 60.7 Å². The number of aliphatic hydroxyl groups is 1.